The van der Waals surface area contributed by atoms with E-state index in [0.717, 1.165) is 0 Å². The van der Waals surface area contributed by atoms with Gasteiger partial charge in [-0.3, -0.25) is 0 Å². The van der Waals surface area contributed by atoms with Crippen LogP contribution >= 0.6 is 0 Å². The highest BCUT2D eigenvalue weighted by Gasteiger charge is 2.32. The Kier molecular flexibility index (Phi) is 5.36. The number of hydrogen-bond donors (Lipinski definition) is 2. The van der Waals surface area contributed by atoms with Gasteiger partial charge in [-0.05, 0) is 19.9 Å². The molecule has 0 amide bonds. The molecule has 0 saturated carbocycles. The van der Waals surface area contributed by atoms with Crippen molar-refractivity contribution < 1.29 is 28.5 Å². The maximum Gasteiger partial charge on any atom is 0.343 e. The van der Waals surface area contributed by atoms with Crippen molar-refractivity contribution in [3.8, 4) is 23.0 Å². The number of aryl methyl sites for hydroxylation is 2. The molecule has 0 spiro atoms. The van der Waals surface area contributed by atoms with Gasteiger partial charge in [-0.2, -0.15) is 0 Å². The Hall–Kier alpha value is -3.68. The fraction of sp³-hybridized carbons (Fsp3) is 0.238. The summed E-state index contributed by atoms with van der Waals surface area (Å²) < 4.78 is 20.9. The van der Waals surface area contributed by atoms with Crippen molar-refractivity contribution in [2.75, 3.05) is 14.2 Å². The highest BCUT2D eigenvalue weighted by atomic mass is 16.5. The van der Waals surface area contributed by atoms with Gasteiger partial charge in [0.05, 0.1) is 31.3 Å². The zero-order chi connectivity index (χ0) is 21.3. The van der Waals surface area contributed by atoms with Crippen molar-refractivity contribution in [2.24, 2.45) is 0 Å². The average molecular weight is 400 g/mol. The molecule has 0 aliphatic carbocycles. The molecule has 0 atom stereocenters. The molecule has 0 fully saturated rings. The van der Waals surface area contributed by atoms with Crippen LogP contribution in [0.4, 0.5) is 0 Å². The third-order valence-electron chi connectivity index (χ3n) is 4.51. The summed E-state index contributed by atoms with van der Waals surface area (Å²) in [5.41, 5.74) is -1.85. The molecule has 3 rings (SSSR count). The van der Waals surface area contributed by atoms with Crippen molar-refractivity contribution in [2.45, 2.75) is 19.8 Å². The predicted molar refractivity (Wildman–Crippen MR) is 103 cm³/mol. The van der Waals surface area contributed by atoms with E-state index in [2.05, 4.69) is 0 Å². The van der Waals surface area contributed by atoms with E-state index in [1.807, 2.05) is 0 Å². The number of methoxy groups -OCH3 is 2. The predicted octanol–water partition coefficient (Wildman–Crippen LogP) is 2.82. The van der Waals surface area contributed by atoms with Crippen LogP contribution in [0.15, 0.2) is 48.8 Å². The first-order valence-electron chi connectivity index (χ1n) is 8.66. The normalized spacial score (nSPS) is 10.9. The summed E-state index contributed by atoms with van der Waals surface area (Å²) in [6.45, 7) is 3.01. The fourth-order valence-corrected chi connectivity index (χ4v) is 3.25. The van der Waals surface area contributed by atoms with Gasteiger partial charge in [0.2, 0.25) is 0 Å². The van der Waals surface area contributed by atoms with Crippen molar-refractivity contribution in [1.82, 2.24) is 0 Å². The first-order valence-corrected chi connectivity index (χ1v) is 8.66. The van der Waals surface area contributed by atoms with Gasteiger partial charge in [-0.15, -0.1) is 0 Å². The molecule has 0 aliphatic rings. The van der Waals surface area contributed by atoms with Crippen LogP contribution in [0.5, 0.6) is 23.0 Å². The smallest absolute Gasteiger partial charge is 0.343 e. The van der Waals surface area contributed by atoms with Crippen LogP contribution in [-0.4, -0.2) is 24.4 Å². The molecule has 0 bridgehead atoms. The van der Waals surface area contributed by atoms with Crippen LogP contribution in [0.25, 0.3) is 0 Å². The average Bonchev–Trinajstić information content (AvgIpc) is 2.64. The third-order valence-corrected chi connectivity index (χ3v) is 4.51. The van der Waals surface area contributed by atoms with Gasteiger partial charge >= 0.3 is 11.3 Å². The third kappa shape index (κ3) is 3.69. The Bertz CT molecular complexity index is 1110. The summed E-state index contributed by atoms with van der Waals surface area (Å²) in [5.74, 6) is -0.863. The zero-order valence-electron chi connectivity index (χ0n) is 16.3. The number of rotatable bonds is 5. The molecule has 29 heavy (non-hydrogen) atoms. The van der Waals surface area contributed by atoms with Crippen molar-refractivity contribution in [1.29, 1.82) is 0 Å². The maximum atomic E-state index is 12.7. The lowest BCUT2D eigenvalue weighted by molar-refractivity contribution is 0.385. The summed E-state index contributed by atoms with van der Waals surface area (Å²) in [4.78, 5) is 25.3. The van der Waals surface area contributed by atoms with Gasteiger partial charge in [0.25, 0.3) is 0 Å². The number of aromatic hydroxyl groups is 2. The van der Waals surface area contributed by atoms with Gasteiger partial charge in [0.15, 0.2) is 0 Å². The van der Waals surface area contributed by atoms with Crippen molar-refractivity contribution in [3.63, 3.8) is 0 Å². The van der Waals surface area contributed by atoms with Gasteiger partial charge in [-0.1, -0.05) is 6.07 Å². The molecule has 152 valence electrons. The molecule has 0 aliphatic heterocycles. The number of hydrogen-bond acceptors (Lipinski definition) is 8. The highest BCUT2D eigenvalue weighted by molar-refractivity contribution is 5.55. The molecule has 0 unspecified atom stereocenters. The molecule has 3 aromatic rings. The molecule has 0 saturated heterocycles. The molecule has 2 heterocycles. The summed E-state index contributed by atoms with van der Waals surface area (Å²) >= 11 is 0. The van der Waals surface area contributed by atoms with Crippen LogP contribution in [0.1, 0.15) is 34.1 Å². The van der Waals surface area contributed by atoms with E-state index in [1.165, 1.54) is 40.2 Å². The van der Waals surface area contributed by atoms with E-state index in [-0.39, 0.29) is 39.9 Å². The minimum atomic E-state index is -1.22. The van der Waals surface area contributed by atoms with E-state index in [4.69, 9.17) is 18.3 Å². The first-order chi connectivity index (χ1) is 13.8. The topological polar surface area (TPSA) is 119 Å². The van der Waals surface area contributed by atoms with Crippen LogP contribution in [0.3, 0.4) is 0 Å². The number of benzene rings is 1. The maximum absolute atomic E-state index is 12.7. The summed E-state index contributed by atoms with van der Waals surface area (Å²) in [6.07, 6.45) is 0. The Morgan fingerprint density at radius 2 is 1.34 bits per heavy atom. The van der Waals surface area contributed by atoms with Crippen LogP contribution in [-0.2, 0) is 0 Å². The van der Waals surface area contributed by atoms with Gasteiger partial charge < -0.3 is 28.5 Å². The molecule has 2 aromatic heterocycles. The van der Waals surface area contributed by atoms with Gasteiger partial charge in [0, 0.05) is 23.8 Å². The van der Waals surface area contributed by atoms with E-state index in [1.54, 1.807) is 18.2 Å². The van der Waals surface area contributed by atoms with Crippen LogP contribution < -0.4 is 20.7 Å². The summed E-state index contributed by atoms with van der Waals surface area (Å²) in [6, 6.07) is 7.24. The largest absolute Gasteiger partial charge is 0.507 e. The summed E-state index contributed by atoms with van der Waals surface area (Å²) in [5, 5.41) is 21.1. The van der Waals surface area contributed by atoms with Crippen LogP contribution in [0, 0.1) is 13.8 Å². The SMILES string of the molecule is COc1ccc(C(c2c(O)cc(C)oc2=O)c2c(O)cc(C)oc2=O)c(OC)c1. The quantitative estimate of drug-likeness (QED) is 0.671. The van der Waals surface area contributed by atoms with Gasteiger partial charge in [-0.25, -0.2) is 9.59 Å². The van der Waals surface area contributed by atoms with E-state index in [9.17, 15) is 19.8 Å². The lowest BCUT2D eigenvalue weighted by atomic mass is 9.85. The molecular formula is C21H20O8. The molecule has 2 N–H and O–H groups in total. The molecular weight excluding hydrogens is 380 g/mol. The lowest BCUT2D eigenvalue weighted by Crippen LogP contribution is -2.22. The Balaban J connectivity index is 2.43. The Morgan fingerprint density at radius 1 is 0.828 bits per heavy atom. The van der Waals surface area contributed by atoms with Crippen molar-refractivity contribution >= 4 is 0 Å². The Labute approximate surface area is 165 Å². The minimum Gasteiger partial charge on any atom is -0.507 e. The van der Waals surface area contributed by atoms with E-state index < -0.39 is 17.2 Å². The van der Waals surface area contributed by atoms with E-state index >= 15 is 0 Å². The molecule has 1 aromatic carbocycles. The monoisotopic (exact) mass is 400 g/mol. The molecule has 8 nitrogen and oxygen atoms in total. The summed E-state index contributed by atoms with van der Waals surface area (Å²) in [7, 11) is 2.89. The second kappa shape index (κ2) is 7.75. The van der Waals surface area contributed by atoms with E-state index in [0.29, 0.717) is 11.3 Å². The molecule has 0 radical (unpaired) electrons. The van der Waals surface area contributed by atoms with Crippen LogP contribution in [0.2, 0.25) is 0 Å². The van der Waals surface area contributed by atoms with Crippen molar-refractivity contribution in [3.05, 3.63) is 79.4 Å². The molecule has 8 heteroatoms. The second-order valence-corrected chi connectivity index (χ2v) is 6.43. The lowest BCUT2D eigenvalue weighted by Gasteiger charge is -2.21. The number of ether oxygens (including phenoxy) is 2. The fourth-order valence-electron chi connectivity index (χ4n) is 3.25. The second-order valence-electron chi connectivity index (χ2n) is 6.43. The standard InChI is InChI=1S/C21H20O8/c1-10-7-14(22)18(20(24)28-10)17(19-15(23)8-11(2)29-21(19)25)13-6-5-12(26-3)9-16(13)27-4/h5-9,17,22-23H,1-4H3. The highest BCUT2D eigenvalue weighted by Crippen LogP contribution is 2.42. The zero-order valence-corrected chi connectivity index (χ0v) is 16.3. The van der Waals surface area contributed by atoms with Gasteiger partial charge in [0.1, 0.15) is 34.5 Å². The Morgan fingerprint density at radius 3 is 1.76 bits per heavy atom. The first kappa shape index (κ1) is 20.1. The minimum absolute atomic E-state index is 0.192.